The van der Waals surface area contributed by atoms with Crippen LogP contribution < -0.4 is 4.72 Å². The van der Waals surface area contributed by atoms with Gasteiger partial charge in [0, 0.05) is 19.1 Å². The number of amides is 1. The second-order valence-corrected chi connectivity index (χ2v) is 8.08. The fraction of sp³-hybridized carbons (Fsp3) is 0.333. The van der Waals surface area contributed by atoms with Crippen molar-refractivity contribution in [1.82, 2.24) is 9.62 Å². The molecule has 0 saturated heterocycles. The van der Waals surface area contributed by atoms with E-state index >= 15 is 0 Å². The van der Waals surface area contributed by atoms with Crippen molar-refractivity contribution in [1.29, 1.82) is 0 Å². The molecule has 0 unspecified atom stereocenters. The molecule has 1 aliphatic rings. The third-order valence-corrected chi connectivity index (χ3v) is 5.74. The molecule has 1 amide bonds. The molecule has 1 N–H and O–H groups in total. The topological polar surface area (TPSA) is 92.8 Å². The van der Waals surface area contributed by atoms with E-state index in [1.807, 2.05) is 0 Å². The van der Waals surface area contributed by atoms with E-state index in [9.17, 15) is 18.0 Å². The minimum absolute atomic E-state index is 0.00100. The molecule has 0 heterocycles. The number of carbonyl (C=O) groups excluding carboxylic acids is 2. The Bertz CT molecular complexity index is 839. The van der Waals surface area contributed by atoms with Gasteiger partial charge in [0.1, 0.15) is 4.90 Å². The Morgan fingerprint density at radius 2 is 1.89 bits per heavy atom. The first kappa shape index (κ1) is 21.1. The molecule has 27 heavy (non-hydrogen) atoms. The molecule has 146 valence electrons. The van der Waals surface area contributed by atoms with E-state index in [-0.39, 0.29) is 21.5 Å². The van der Waals surface area contributed by atoms with Crippen LogP contribution in [-0.2, 0) is 19.6 Å². The molecule has 0 aliphatic heterocycles. The van der Waals surface area contributed by atoms with Crippen molar-refractivity contribution in [2.45, 2.75) is 23.8 Å². The number of hydrogen-bond acceptors (Lipinski definition) is 5. The van der Waals surface area contributed by atoms with Gasteiger partial charge in [0.05, 0.1) is 10.6 Å². The molecule has 2 rings (SSSR count). The zero-order valence-electron chi connectivity index (χ0n) is 14.7. The monoisotopic (exact) mass is 412 g/mol. The third-order valence-electron chi connectivity index (χ3n) is 3.73. The van der Waals surface area contributed by atoms with Gasteiger partial charge in [-0.2, -0.15) is 0 Å². The number of hydrogen-bond donors (Lipinski definition) is 1. The quantitative estimate of drug-likeness (QED) is 0.469. The predicted molar refractivity (Wildman–Crippen MR) is 102 cm³/mol. The van der Waals surface area contributed by atoms with Gasteiger partial charge in [-0.1, -0.05) is 23.8 Å². The van der Waals surface area contributed by atoms with Gasteiger partial charge in [-0.15, -0.1) is 13.2 Å². The highest BCUT2D eigenvalue weighted by atomic mass is 35.5. The normalized spacial score (nSPS) is 13.7. The number of benzene rings is 1. The van der Waals surface area contributed by atoms with Crippen molar-refractivity contribution >= 4 is 33.5 Å². The molecule has 1 aliphatic carbocycles. The molecule has 0 spiro atoms. The lowest BCUT2D eigenvalue weighted by Gasteiger charge is -2.19. The third kappa shape index (κ3) is 5.92. The molecule has 0 bridgehead atoms. The van der Waals surface area contributed by atoms with E-state index in [0.29, 0.717) is 13.1 Å². The van der Waals surface area contributed by atoms with Gasteiger partial charge in [0.25, 0.3) is 5.91 Å². The summed E-state index contributed by atoms with van der Waals surface area (Å²) < 4.78 is 32.2. The molecule has 0 radical (unpaired) electrons. The second kappa shape index (κ2) is 9.16. The molecule has 1 aromatic carbocycles. The van der Waals surface area contributed by atoms with Crippen LogP contribution in [0.2, 0.25) is 5.02 Å². The highest BCUT2D eigenvalue weighted by Gasteiger charge is 2.30. The summed E-state index contributed by atoms with van der Waals surface area (Å²) in [5.41, 5.74) is -0.0117. The Morgan fingerprint density at radius 1 is 1.26 bits per heavy atom. The molecule has 7 nitrogen and oxygen atoms in total. The van der Waals surface area contributed by atoms with Crippen molar-refractivity contribution < 1.29 is 22.7 Å². The van der Waals surface area contributed by atoms with Gasteiger partial charge < -0.3 is 9.64 Å². The minimum atomic E-state index is -3.83. The summed E-state index contributed by atoms with van der Waals surface area (Å²) in [6.07, 6.45) is 4.64. The Kier molecular flexibility index (Phi) is 7.18. The molecule has 1 saturated carbocycles. The standard InChI is InChI=1S/C18H21ClN2O5S/c1-3-9-21(10-4-2)17(22)12-26-18(23)13-5-8-15(19)16(11-13)27(24,25)20-14-6-7-14/h3-5,8,11,14,20H,1-2,6-7,9-10,12H2. The predicted octanol–water partition coefficient (Wildman–Crippen LogP) is 2.14. The summed E-state index contributed by atoms with van der Waals surface area (Å²) in [5.74, 6) is -1.24. The second-order valence-electron chi connectivity index (χ2n) is 5.99. The zero-order valence-corrected chi connectivity index (χ0v) is 16.3. The molecule has 1 fully saturated rings. The summed E-state index contributed by atoms with van der Waals surface area (Å²) in [6.45, 7) is 7.22. The molecule has 0 aromatic heterocycles. The van der Waals surface area contributed by atoms with Gasteiger partial charge in [-0.25, -0.2) is 17.9 Å². The number of sulfonamides is 1. The van der Waals surface area contributed by atoms with Crippen LogP contribution in [0, 0.1) is 0 Å². The lowest BCUT2D eigenvalue weighted by Crippen LogP contribution is -2.35. The minimum Gasteiger partial charge on any atom is -0.452 e. The van der Waals surface area contributed by atoms with Crippen molar-refractivity contribution in [3.05, 3.63) is 54.1 Å². The van der Waals surface area contributed by atoms with Gasteiger partial charge in [0.15, 0.2) is 6.61 Å². The largest absolute Gasteiger partial charge is 0.452 e. The SMILES string of the molecule is C=CCN(CC=C)C(=O)COC(=O)c1ccc(Cl)c(S(=O)(=O)NC2CC2)c1. The summed E-state index contributed by atoms with van der Waals surface area (Å²) in [7, 11) is -3.83. The highest BCUT2D eigenvalue weighted by molar-refractivity contribution is 7.89. The van der Waals surface area contributed by atoms with Crippen LogP contribution in [-0.4, -0.2) is 50.9 Å². The van der Waals surface area contributed by atoms with Crippen LogP contribution in [0.5, 0.6) is 0 Å². The summed E-state index contributed by atoms with van der Waals surface area (Å²) in [5, 5.41) is -0.00100. The first-order chi connectivity index (χ1) is 12.8. The van der Waals surface area contributed by atoms with Crippen molar-refractivity contribution in [3.63, 3.8) is 0 Å². The first-order valence-electron chi connectivity index (χ1n) is 8.27. The number of halogens is 1. The number of ether oxygens (including phenoxy) is 1. The van der Waals surface area contributed by atoms with Crippen LogP contribution in [0.15, 0.2) is 48.4 Å². The van der Waals surface area contributed by atoms with Gasteiger partial charge in [0.2, 0.25) is 10.0 Å². The average Bonchev–Trinajstić information content (AvgIpc) is 3.42. The molecule has 1 aromatic rings. The maximum atomic E-state index is 12.4. The van der Waals surface area contributed by atoms with Crippen LogP contribution >= 0.6 is 11.6 Å². The average molecular weight is 413 g/mol. The lowest BCUT2D eigenvalue weighted by atomic mass is 10.2. The van der Waals surface area contributed by atoms with E-state index in [1.54, 1.807) is 12.2 Å². The van der Waals surface area contributed by atoms with Gasteiger partial charge in [-0.3, -0.25) is 4.79 Å². The molecular formula is C18H21ClN2O5S. The van der Waals surface area contributed by atoms with Crippen LogP contribution in [0.3, 0.4) is 0 Å². The van der Waals surface area contributed by atoms with Crippen LogP contribution in [0.1, 0.15) is 23.2 Å². The number of nitrogens with one attached hydrogen (secondary N) is 1. The fourth-order valence-corrected chi connectivity index (χ4v) is 4.04. The first-order valence-corrected chi connectivity index (χ1v) is 10.1. The smallest absolute Gasteiger partial charge is 0.338 e. The maximum Gasteiger partial charge on any atom is 0.338 e. The summed E-state index contributed by atoms with van der Waals surface area (Å²) >= 11 is 5.98. The number of carbonyl (C=O) groups is 2. The maximum absolute atomic E-state index is 12.4. The highest BCUT2D eigenvalue weighted by Crippen LogP contribution is 2.27. The lowest BCUT2D eigenvalue weighted by molar-refractivity contribution is -0.133. The molecule has 0 atom stereocenters. The zero-order chi connectivity index (χ0) is 20.0. The van der Waals surface area contributed by atoms with E-state index < -0.39 is 28.5 Å². The Balaban J connectivity index is 2.08. The van der Waals surface area contributed by atoms with Crippen LogP contribution in [0.25, 0.3) is 0 Å². The number of esters is 1. The van der Waals surface area contributed by atoms with Gasteiger partial charge >= 0.3 is 5.97 Å². The summed E-state index contributed by atoms with van der Waals surface area (Å²) in [4.78, 5) is 25.5. The molecule has 9 heteroatoms. The van der Waals surface area contributed by atoms with E-state index in [2.05, 4.69) is 17.9 Å². The van der Waals surface area contributed by atoms with Crippen molar-refractivity contribution in [2.24, 2.45) is 0 Å². The Labute approximate surface area is 163 Å². The number of rotatable bonds is 10. The molecular weight excluding hydrogens is 392 g/mol. The summed E-state index contributed by atoms with van der Waals surface area (Å²) in [6, 6.07) is 3.70. The number of nitrogens with zero attached hydrogens (tertiary/aromatic N) is 1. The fourth-order valence-electron chi connectivity index (χ4n) is 2.21. The van der Waals surface area contributed by atoms with Crippen molar-refractivity contribution in [2.75, 3.05) is 19.7 Å². The van der Waals surface area contributed by atoms with E-state index in [1.165, 1.54) is 17.0 Å². The van der Waals surface area contributed by atoms with E-state index in [4.69, 9.17) is 16.3 Å². The van der Waals surface area contributed by atoms with Gasteiger partial charge in [-0.05, 0) is 31.0 Å². The van der Waals surface area contributed by atoms with Crippen molar-refractivity contribution in [3.8, 4) is 0 Å². The Hall–Kier alpha value is -2.16. The van der Waals surface area contributed by atoms with E-state index in [0.717, 1.165) is 18.9 Å². The van der Waals surface area contributed by atoms with Crippen LogP contribution in [0.4, 0.5) is 0 Å². The Morgan fingerprint density at radius 3 is 2.44 bits per heavy atom.